The molecule has 0 saturated heterocycles. The molecule has 140 valence electrons. The minimum absolute atomic E-state index is 0.0888. The molecule has 0 spiro atoms. The van der Waals surface area contributed by atoms with Crippen molar-refractivity contribution in [3.63, 3.8) is 0 Å². The summed E-state index contributed by atoms with van der Waals surface area (Å²) in [4.78, 5) is 24.4. The summed E-state index contributed by atoms with van der Waals surface area (Å²) in [6.07, 6.45) is 9.45. The Labute approximate surface area is 156 Å². The van der Waals surface area contributed by atoms with Gasteiger partial charge in [0, 0.05) is 12.0 Å². The maximum atomic E-state index is 13.0. The average Bonchev–Trinajstić information content (AvgIpc) is 3.33. The lowest BCUT2D eigenvalue weighted by Crippen LogP contribution is -2.60. The number of hydrogen-bond acceptors (Lipinski definition) is 5. The Kier molecular flexibility index (Phi) is 3.49. The van der Waals surface area contributed by atoms with Crippen molar-refractivity contribution in [3.8, 4) is 0 Å². The SMILES string of the molecule is O=C([O-])CC12C[C@H]3C[C@@H](C1)CC(n1ncc(NC4CC4)c(Cl)c1=O)(C3)C2. The number of nitrogens with zero attached hydrogens (tertiary/aromatic N) is 2. The number of carboxylic acids is 1. The van der Waals surface area contributed by atoms with E-state index >= 15 is 0 Å². The van der Waals surface area contributed by atoms with Crippen LogP contribution in [0.5, 0.6) is 0 Å². The third kappa shape index (κ3) is 2.56. The van der Waals surface area contributed by atoms with Crippen LogP contribution in [0.1, 0.15) is 57.8 Å². The van der Waals surface area contributed by atoms with Gasteiger partial charge in [-0.1, -0.05) is 11.6 Å². The number of carbonyl (C=O) groups excluding carboxylic acids is 1. The van der Waals surface area contributed by atoms with Gasteiger partial charge in [-0.2, -0.15) is 5.10 Å². The molecular weight excluding hydrogens is 354 g/mol. The van der Waals surface area contributed by atoms with E-state index in [-0.39, 0.29) is 22.4 Å². The molecule has 7 heteroatoms. The summed E-state index contributed by atoms with van der Waals surface area (Å²) in [5, 5.41) is 19.4. The van der Waals surface area contributed by atoms with Gasteiger partial charge in [0.2, 0.25) is 0 Å². The molecule has 5 aliphatic rings. The van der Waals surface area contributed by atoms with Crippen LogP contribution in [0.25, 0.3) is 0 Å². The van der Waals surface area contributed by atoms with E-state index in [4.69, 9.17) is 11.6 Å². The monoisotopic (exact) mass is 376 g/mol. The number of aliphatic carboxylic acids is 1. The molecule has 26 heavy (non-hydrogen) atoms. The van der Waals surface area contributed by atoms with Crippen molar-refractivity contribution in [1.29, 1.82) is 0 Å². The largest absolute Gasteiger partial charge is 0.550 e. The van der Waals surface area contributed by atoms with Crippen LogP contribution in [-0.4, -0.2) is 21.8 Å². The minimum Gasteiger partial charge on any atom is -0.550 e. The van der Waals surface area contributed by atoms with Crippen LogP contribution in [0.15, 0.2) is 11.0 Å². The molecule has 0 aromatic carbocycles. The number of aromatic nitrogens is 2. The summed E-state index contributed by atoms with van der Waals surface area (Å²) in [5.41, 5.74) is -0.271. The molecule has 1 aromatic heterocycles. The second-order valence-electron chi connectivity index (χ2n) is 9.24. The first-order valence-corrected chi connectivity index (χ1v) is 10.0. The van der Waals surface area contributed by atoms with E-state index in [1.54, 1.807) is 10.9 Å². The fourth-order valence-electron chi connectivity index (χ4n) is 6.48. The number of nitrogens with one attached hydrogen (secondary N) is 1. The third-order valence-electron chi connectivity index (χ3n) is 6.98. The Morgan fingerprint density at radius 2 is 2.00 bits per heavy atom. The molecule has 1 N–H and O–H groups in total. The molecule has 0 aliphatic heterocycles. The first kappa shape index (κ1) is 16.6. The minimum atomic E-state index is -0.982. The normalized spacial score (nSPS) is 37.7. The van der Waals surface area contributed by atoms with Crippen LogP contribution in [0.4, 0.5) is 5.69 Å². The van der Waals surface area contributed by atoms with Gasteiger partial charge in [-0.25, -0.2) is 4.68 Å². The van der Waals surface area contributed by atoms with Crippen molar-refractivity contribution in [2.75, 3.05) is 5.32 Å². The molecule has 1 heterocycles. The Morgan fingerprint density at radius 3 is 2.62 bits per heavy atom. The zero-order valence-corrected chi connectivity index (χ0v) is 15.4. The van der Waals surface area contributed by atoms with Crippen LogP contribution in [0, 0.1) is 17.3 Å². The Bertz CT molecular complexity index is 818. The fraction of sp³-hybridized carbons (Fsp3) is 0.737. The number of carboxylic acid groups (broad SMARTS) is 1. The molecule has 5 fully saturated rings. The zero-order valence-electron chi connectivity index (χ0n) is 14.7. The number of carbonyl (C=O) groups is 1. The summed E-state index contributed by atoms with van der Waals surface area (Å²) in [5.74, 6) is -0.0518. The van der Waals surface area contributed by atoms with Crippen molar-refractivity contribution >= 4 is 23.3 Å². The molecular formula is C19H23ClN3O3-. The summed E-state index contributed by atoms with van der Waals surface area (Å²) in [6, 6.07) is 0.399. The lowest BCUT2D eigenvalue weighted by atomic mass is 9.46. The zero-order chi connectivity index (χ0) is 18.1. The van der Waals surface area contributed by atoms with Gasteiger partial charge in [-0.05, 0) is 75.0 Å². The van der Waals surface area contributed by atoms with Gasteiger partial charge in [0.05, 0.1) is 17.4 Å². The van der Waals surface area contributed by atoms with Gasteiger partial charge in [0.15, 0.2) is 0 Å². The molecule has 2 unspecified atom stereocenters. The predicted molar refractivity (Wildman–Crippen MR) is 94.9 cm³/mol. The fourth-order valence-corrected chi connectivity index (χ4v) is 6.67. The number of halogens is 1. The van der Waals surface area contributed by atoms with E-state index in [1.807, 2.05) is 0 Å². The predicted octanol–water partition coefficient (Wildman–Crippen LogP) is 1.91. The Morgan fingerprint density at radius 1 is 1.31 bits per heavy atom. The quantitative estimate of drug-likeness (QED) is 0.848. The number of hydrogen-bond donors (Lipinski definition) is 1. The number of anilines is 1. The van der Waals surface area contributed by atoms with E-state index < -0.39 is 11.5 Å². The van der Waals surface area contributed by atoms with Crippen molar-refractivity contribution in [3.05, 3.63) is 21.6 Å². The summed E-state index contributed by atoms with van der Waals surface area (Å²) in [6.45, 7) is 0. The van der Waals surface area contributed by atoms with Crippen LogP contribution < -0.4 is 16.0 Å². The third-order valence-corrected chi connectivity index (χ3v) is 7.34. The Balaban J connectivity index is 1.54. The van der Waals surface area contributed by atoms with Gasteiger partial charge in [-0.3, -0.25) is 4.79 Å². The molecule has 4 atom stereocenters. The number of rotatable bonds is 5. The highest BCUT2D eigenvalue weighted by Crippen LogP contribution is 2.64. The molecule has 0 radical (unpaired) electrons. The van der Waals surface area contributed by atoms with Gasteiger partial charge >= 0.3 is 0 Å². The highest BCUT2D eigenvalue weighted by atomic mass is 35.5. The van der Waals surface area contributed by atoms with Crippen molar-refractivity contribution in [2.24, 2.45) is 17.3 Å². The van der Waals surface area contributed by atoms with Crippen molar-refractivity contribution in [2.45, 2.75) is 69.4 Å². The molecule has 0 amide bonds. The van der Waals surface area contributed by atoms with E-state index in [2.05, 4.69) is 10.4 Å². The van der Waals surface area contributed by atoms with E-state index in [0.29, 0.717) is 30.0 Å². The Hall–Kier alpha value is -1.56. The van der Waals surface area contributed by atoms with Crippen molar-refractivity contribution in [1.82, 2.24) is 9.78 Å². The average molecular weight is 377 g/mol. The smallest absolute Gasteiger partial charge is 0.288 e. The highest BCUT2D eigenvalue weighted by Gasteiger charge is 2.59. The second-order valence-corrected chi connectivity index (χ2v) is 9.62. The lowest BCUT2D eigenvalue weighted by Gasteiger charge is -2.62. The van der Waals surface area contributed by atoms with Crippen LogP contribution in [0.2, 0.25) is 5.02 Å². The standard InChI is InChI=1S/C19H24ClN3O3/c20-16-14(22-13-1-2-13)9-21-23(17(16)26)19-6-11-3-12(7-19)5-18(4-11,10-19)8-15(24)25/h9,11-13,22H,1-8,10H2,(H,24,25)/p-1/t11-,12+,18?,19?. The summed E-state index contributed by atoms with van der Waals surface area (Å²) >= 11 is 6.39. The maximum absolute atomic E-state index is 13.0. The molecule has 6 rings (SSSR count). The second kappa shape index (κ2) is 5.47. The van der Waals surface area contributed by atoms with Crippen LogP contribution in [-0.2, 0) is 10.3 Å². The first-order valence-electron chi connectivity index (χ1n) is 9.63. The lowest BCUT2D eigenvalue weighted by molar-refractivity contribution is -0.310. The highest BCUT2D eigenvalue weighted by molar-refractivity contribution is 6.32. The molecule has 6 nitrogen and oxygen atoms in total. The van der Waals surface area contributed by atoms with E-state index in [9.17, 15) is 14.7 Å². The molecule has 5 saturated carbocycles. The summed E-state index contributed by atoms with van der Waals surface area (Å²) < 4.78 is 1.59. The van der Waals surface area contributed by atoms with Gasteiger partial charge in [0.25, 0.3) is 5.56 Å². The van der Waals surface area contributed by atoms with Gasteiger partial charge in [0.1, 0.15) is 5.02 Å². The van der Waals surface area contributed by atoms with Crippen LogP contribution in [0.3, 0.4) is 0 Å². The molecule has 1 aromatic rings. The van der Waals surface area contributed by atoms with Gasteiger partial charge in [-0.15, -0.1) is 0 Å². The topological polar surface area (TPSA) is 87.0 Å². The van der Waals surface area contributed by atoms with E-state index in [1.165, 1.54) is 0 Å². The van der Waals surface area contributed by atoms with Crippen molar-refractivity contribution < 1.29 is 9.90 Å². The molecule has 4 bridgehead atoms. The first-order chi connectivity index (χ1) is 12.4. The van der Waals surface area contributed by atoms with E-state index in [0.717, 1.165) is 44.9 Å². The summed E-state index contributed by atoms with van der Waals surface area (Å²) in [7, 11) is 0. The van der Waals surface area contributed by atoms with Gasteiger partial charge < -0.3 is 15.2 Å². The molecule has 5 aliphatic carbocycles. The van der Waals surface area contributed by atoms with Crippen LogP contribution >= 0.6 is 11.6 Å². The maximum Gasteiger partial charge on any atom is 0.288 e.